The van der Waals surface area contributed by atoms with E-state index in [0.29, 0.717) is 0 Å². The van der Waals surface area contributed by atoms with Gasteiger partial charge in [0.05, 0.1) is 0 Å². The minimum Gasteiger partial charge on any atom is -0.399 e. The van der Waals surface area contributed by atoms with Crippen LogP contribution in [0.5, 0.6) is 0 Å². The summed E-state index contributed by atoms with van der Waals surface area (Å²) < 4.78 is 0. The van der Waals surface area contributed by atoms with Crippen molar-refractivity contribution < 1.29 is 0 Å². The van der Waals surface area contributed by atoms with E-state index >= 15 is 0 Å². The molecule has 0 radical (unpaired) electrons. The summed E-state index contributed by atoms with van der Waals surface area (Å²) in [7, 11) is 2.15. The highest BCUT2D eigenvalue weighted by Crippen LogP contribution is 2.20. The van der Waals surface area contributed by atoms with Gasteiger partial charge in [0.1, 0.15) is 0 Å². The number of nitrogens with zero attached hydrogens (tertiary/aromatic N) is 1. The molecular weight excluding hydrogens is 256 g/mol. The zero-order valence-electron chi connectivity index (χ0n) is 12.3. The van der Waals surface area contributed by atoms with Crippen molar-refractivity contribution in [3.8, 4) is 0 Å². The molecule has 3 aromatic rings. The molecule has 0 aliphatic carbocycles. The van der Waals surface area contributed by atoms with Gasteiger partial charge in [-0.3, -0.25) is 4.90 Å². The van der Waals surface area contributed by atoms with Crippen LogP contribution < -0.4 is 5.73 Å². The summed E-state index contributed by atoms with van der Waals surface area (Å²) in [6.07, 6.45) is 0. The zero-order valence-corrected chi connectivity index (χ0v) is 12.3. The van der Waals surface area contributed by atoms with Crippen molar-refractivity contribution in [2.24, 2.45) is 0 Å². The van der Waals surface area contributed by atoms with Crippen molar-refractivity contribution in [2.75, 3.05) is 12.8 Å². The van der Waals surface area contributed by atoms with Crippen LogP contribution in [-0.2, 0) is 13.1 Å². The van der Waals surface area contributed by atoms with Gasteiger partial charge in [0.2, 0.25) is 0 Å². The molecule has 0 bridgehead atoms. The maximum Gasteiger partial charge on any atom is 0.0314 e. The molecule has 0 unspecified atom stereocenters. The van der Waals surface area contributed by atoms with Crippen LogP contribution >= 0.6 is 0 Å². The maximum absolute atomic E-state index is 5.73. The number of nitrogen functional groups attached to an aromatic ring is 1. The summed E-state index contributed by atoms with van der Waals surface area (Å²) >= 11 is 0. The number of anilines is 1. The van der Waals surface area contributed by atoms with Gasteiger partial charge in [-0.2, -0.15) is 0 Å². The highest BCUT2D eigenvalue weighted by molar-refractivity contribution is 5.85. The van der Waals surface area contributed by atoms with E-state index in [4.69, 9.17) is 5.73 Å². The number of nitrogens with two attached hydrogens (primary N) is 1. The third-order valence-corrected chi connectivity index (χ3v) is 3.75. The standard InChI is InChI=1S/C19H20N2/c1-21(13-15-9-11-18(20)12-10-15)14-17-7-4-6-16-5-2-3-8-19(16)17/h2-12H,13-14,20H2,1H3. The van der Waals surface area contributed by atoms with Crippen LogP contribution in [0.4, 0.5) is 5.69 Å². The number of benzene rings is 3. The molecule has 0 amide bonds. The first-order valence-corrected chi connectivity index (χ1v) is 7.22. The van der Waals surface area contributed by atoms with Gasteiger partial charge in [0, 0.05) is 18.8 Å². The van der Waals surface area contributed by atoms with Crippen LogP contribution in [0.15, 0.2) is 66.7 Å². The fourth-order valence-electron chi connectivity index (χ4n) is 2.71. The summed E-state index contributed by atoms with van der Waals surface area (Å²) in [5, 5.41) is 2.64. The Labute approximate surface area is 125 Å². The molecule has 2 N–H and O–H groups in total. The SMILES string of the molecule is CN(Cc1ccc(N)cc1)Cc1cccc2ccccc12. The van der Waals surface area contributed by atoms with Gasteiger partial charge in [-0.25, -0.2) is 0 Å². The fourth-order valence-corrected chi connectivity index (χ4v) is 2.71. The first-order chi connectivity index (χ1) is 10.2. The first kappa shape index (κ1) is 13.7. The van der Waals surface area contributed by atoms with Gasteiger partial charge in [-0.15, -0.1) is 0 Å². The molecular formula is C19H20N2. The van der Waals surface area contributed by atoms with Crippen molar-refractivity contribution in [1.29, 1.82) is 0 Å². The van der Waals surface area contributed by atoms with Crippen molar-refractivity contribution in [3.05, 3.63) is 77.9 Å². The predicted octanol–water partition coefficient (Wildman–Crippen LogP) is 4.05. The van der Waals surface area contributed by atoms with Crippen LogP contribution in [0.3, 0.4) is 0 Å². The van der Waals surface area contributed by atoms with Crippen LogP contribution in [0, 0.1) is 0 Å². The second-order valence-electron chi connectivity index (χ2n) is 5.55. The summed E-state index contributed by atoms with van der Waals surface area (Å²) in [5.74, 6) is 0. The third-order valence-electron chi connectivity index (χ3n) is 3.75. The molecule has 0 aromatic heterocycles. The molecule has 2 nitrogen and oxygen atoms in total. The predicted molar refractivity (Wildman–Crippen MR) is 90.0 cm³/mol. The van der Waals surface area contributed by atoms with E-state index in [9.17, 15) is 0 Å². The summed E-state index contributed by atoms with van der Waals surface area (Å²) in [5.41, 5.74) is 9.20. The van der Waals surface area contributed by atoms with Gasteiger partial charge >= 0.3 is 0 Å². The monoisotopic (exact) mass is 276 g/mol. The first-order valence-electron chi connectivity index (χ1n) is 7.22. The van der Waals surface area contributed by atoms with E-state index in [1.54, 1.807) is 0 Å². The normalized spacial score (nSPS) is 11.1. The van der Waals surface area contributed by atoms with Crippen LogP contribution in [0.1, 0.15) is 11.1 Å². The number of hydrogen-bond acceptors (Lipinski definition) is 2. The Kier molecular flexibility index (Phi) is 3.89. The minimum atomic E-state index is 0.815. The molecule has 0 spiro atoms. The Morgan fingerprint density at radius 2 is 1.52 bits per heavy atom. The van der Waals surface area contributed by atoms with E-state index in [1.807, 2.05) is 12.1 Å². The molecule has 3 rings (SSSR count). The van der Waals surface area contributed by atoms with E-state index in [2.05, 4.69) is 66.5 Å². The van der Waals surface area contributed by atoms with Crippen LogP contribution in [0.2, 0.25) is 0 Å². The van der Waals surface area contributed by atoms with Crippen LogP contribution in [-0.4, -0.2) is 11.9 Å². The molecule has 3 aromatic carbocycles. The third kappa shape index (κ3) is 3.23. The Hall–Kier alpha value is -2.32. The minimum absolute atomic E-state index is 0.815. The highest BCUT2D eigenvalue weighted by Gasteiger charge is 2.05. The summed E-state index contributed by atoms with van der Waals surface area (Å²) in [6.45, 7) is 1.86. The summed E-state index contributed by atoms with van der Waals surface area (Å²) in [4.78, 5) is 2.33. The largest absolute Gasteiger partial charge is 0.399 e. The number of fused-ring (bicyclic) bond motifs is 1. The van der Waals surface area contributed by atoms with Crippen molar-refractivity contribution >= 4 is 16.5 Å². The molecule has 0 heterocycles. The Balaban J connectivity index is 1.77. The highest BCUT2D eigenvalue weighted by atomic mass is 15.1. The lowest BCUT2D eigenvalue weighted by Gasteiger charge is -2.18. The van der Waals surface area contributed by atoms with Gasteiger partial charge in [0.25, 0.3) is 0 Å². The topological polar surface area (TPSA) is 29.3 Å². The second kappa shape index (κ2) is 5.98. The Morgan fingerprint density at radius 3 is 2.33 bits per heavy atom. The van der Waals surface area contributed by atoms with Gasteiger partial charge in [-0.05, 0) is 41.1 Å². The molecule has 0 atom stereocenters. The van der Waals surface area contributed by atoms with Gasteiger partial charge in [0.15, 0.2) is 0 Å². The molecule has 0 aliphatic rings. The van der Waals surface area contributed by atoms with E-state index in [-0.39, 0.29) is 0 Å². The van der Waals surface area contributed by atoms with Crippen LogP contribution in [0.25, 0.3) is 10.8 Å². The Morgan fingerprint density at radius 1 is 0.810 bits per heavy atom. The number of hydrogen-bond donors (Lipinski definition) is 1. The van der Waals surface area contributed by atoms with Crippen molar-refractivity contribution in [3.63, 3.8) is 0 Å². The fraction of sp³-hybridized carbons (Fsp3) is 0.158. The molecule has 2 heteroatoms. The molecule has 0 fully saturated rings. The summed E-state index contributed by atoms with van der Waals surface area (Å²) in [6, 6.07) is 23.2. The molecule has 0 saturated carbocycles. The lowest BCUT2D eigenvalue weighted by molar-refractivity contribution is 0.320. The smallest absolute Gasteiger partial charge is 0.0314 e. The zero-order chi connectivity index (χ0) is 14.7. The van der Waals surface area contributed by atoms with E-state index < -0.39 is 0 Å². The lowest BCUT2D eigenvalue weighted by Crippen LogP contribution is -2.17. The average molecular weight is 276 g/mol. The van der Waals surface area contributed by atoms with E-state index in [0.717, 1.165) is 18.8 Å². The van der Waals surface area contributed by atoms with Crippen molar-refractivity contribution in [2.45, 2.75) is 13.1 Å². The quantitative estimate of drug-likeness (QED) is 0.728. The molecule has 21 heavy (non-hydrogen) atoms. The van der Waals surface area contributed by atoms with Gasteiger partial charge < -0.3 is 5.73 Å². The maximum atomic E-state index is 5.73. The van der Waals surface area contributed by atoms with Crippen molar-refractivity contribution in [1.82, 2.24) is 4.90 Å². The molecule has 106 valence electrons. The number of rotatable bonds is 4. The molecule has 0 saturated heterocycles. The molecule has 0 aliphatic heterocycles. The lowest BCUT2D eigenvalue weighted by atomic mass is 10.0. The second-order valence-corrected chi connectivity index (χ2v) is 5.55. The van der Waals surface area contributed by atoms with E-state index in [1.165, 1.54) is 21.9 Å². The Bertz CT molecular complexity index is 727. The van der Waals surface area contributed by atoms with Gasteiger partial charge in [-0.1, -0.05) is 54.6 Å². The average Bonchev–Trinajstić information content (AvgIpc) is 2.50.